The second kappa shape index (κ2) is 7.90. The van der Waals surface area contributed by atoms with Crippen LogP contribution in [0.25, 0.3) is 0 Å². The minimum absolute atomic E-state index is 0.167. The summed E-state index contributed by atoms with van der Waals surface area (Å²) in [5, 5.41) is 4.07. The van der Waals surface area contributed by atoms with Gasteiger partial charge in [0, 0.05) is 19.0 Å². The molecule has 3 rings (SSSR count). The third kappa shape index (κ3) is 4.22. The largest absolute Gasteiger partial charge is 0.373 e. The molecule has 24 heavy (non-hydrogen) atoms. The van der Waals surface area contributed by atoms with Crippen LogP contribution in [-0.4, -0.2) is 34.2 Å². The minimum Gasteiger partial charge on any atom is -0.373 e. The lowest BCUT2D eigenvalue weighted by Gasteiger charge is -2.34. The van der Waals surface area contributed by atoms with E-state index in [4.69, 9.17) is 9.26 Å². The third-order valence-corrected chi connectivity index (χ3v) is 4.68. The average Bonchev–Trinajstić information content (AvgIpc) is 3.11. The Morgan fingerprint density at radius 2 is 1.88 bits per heavy atom. The van der Waals surface area contributed by atoms with Crippen molar-refractivity contribution in [2.75, 3.05) is 13.1 Å². The molecule has 0 N–H and O–H groups in total. The van der Waals surface area contributed by atoms with E-state index in [-0.39, 0.29) is 6.04 Å². The lowest BCUT2D eigenvalue weighted by molar-refractivity contribution is -0.0124. The van der Waals surface area contributed by atoms with Gasteiger partial charge in [-0.1, -0.05) is 49.3 Å². The summed E-state index contributed by atoms with van der Waals surface area (Å²) >= 11 is 0. The molecule has 1 aromatic heterocycles. The summed E-state index contributed by atoms with van der Waals surface area (Å²) in [5.41, 5.74) is 1.24. The minimum atomic E-state index is 0.167. The van der Waals surface area contributed by atoms with Crippen molar-refractivity contribution in [1.29, 1.82) is 0 Å². The van der Waals surface area contributed by atoms with Crippen LogP contribution in [0.1, 0.15) is 62.9 Å². The molecular formula is C19H27N3O2. The van der Waals surface area contributed by atoms with Gasteiger partial charge in [0.15, 0.2) is 5.82 Å². The molecule has 1 saturated heterocycles. The topological polar surface area (TPSA) is 51.4 Å². The number of nitrogens with zero attached hydrogens (tertiary/aromatic N) is 3. The quantitative estimate of drug-likeness (QED) is 0.803. The number of rotatable bonds is 6. The van der Waals surface area contributed by atoms with Crippen molar-refractivity contribution in [1.82, 2.24) is 15.0 Å². The van der Waals surface area contributed by atoms with Crippen LogP contribution in [0.5, 0.6) is 0 Å². The van der Waals surface area contributed by atoms with Crippen LogP contribution in [0, 0.1) is 0 Å². The highest BCUT2D eigenvalue weighted by Gasteiger charge is 2.27. The first kappa shape index (κ1) is 17.1. The molecule has 1 atom stereocenters. The molecule has 2 aromatic rings. The second-order valence-corrected chi connectivity index (χ2v) is 6.85. The number of piperidine rings is 1. The summed E-state index contributed by atoms with van der Waals surface area (Å²) in [4.78, 5) is 6.93. The predicted molar refractivity (Wildman–Crippen MR) is 92.6 cm³/mol. The normalized spacial score (nSPS) is 18.2. The maximum Gasteiger partial charge on any atom is 0.243 e. The lowest BCUT2D eigenvalue weighted by Crippen LogP contribution is -2.38. The van der Waals surface area contributed by atoms with Crippen molar-refractivity contribution in [2.24, 2.45) is 0 Å². The lowest BCUT2D eigenvalue weighted by atomic mass is 10.1. The fourth-order valence-corrected chi connectivity index (χ4v) is 3.03. The molecule has 0 spiro atoms. The van der Waals surface area contributed by atoms with E-state index in [0.29, 0.717) is 18.6 Å². The number of hydrogen-bond donors (Lipinski definition) is 0. The van der Waals surface area contributed by atoms with E-state index >= 15 is 0 Å². The Labute approximate surface area is 144 Å². The summed E-state index contributed by atoms with van der Waals surface area (Å²) in [6.07, 6.45) is 2.42. The summed E-state index contributed by atoms with van der Waals surface area (Å²) in [6.45, 7) is 9.00. The molecule has 5 heteroatoms. The fourth-order valence-electron chi connectivity index (χ4n) is 3.03. The number of benzene rings is 1. The SMILES string of the molecule is CC(C)c1noc(C(C)N2CCC(OCc3ccccc3)CC2)n1. The van der Waals surface area contributed by atoms with Gasteiger partial charge >= 0.3 is 0 Å². The summed E-state index contributed by atoms with van der Waals surface area (Å²) in [7, 11) is 0. The fraction of sp³-hybridized carbons (Fsp3) is 0.579. The molecule has 0 aliphatic carbocycles. The smallest absolute Gasteiger partial charge is 0.243 e. The number of ether oxygens (including phenoxy) is 1. The first-order valence-corrected chi connectivity index (χ1v) is 8.86. The Hall–Kier alpha value is -1.72. The van der Waals surface area contributed by atoms with E-state index in [9.17, 15) is 0 Å². The molecule has 1 aliphatic heterocycles. The Morgan fingerprint density at radius 1 is 1.17 bits per heavy atom. The molecule has 1 fully saturated rings. The zero-order valence-electron chi connectivity index (χ0n) is 14.8. The highest BCUT2D eigenvalue weighted by Crippen LogP contribution is 2.25. The van der Waals surface area contributed by atoms with E-state index in [2.05, 4.69) is 60.1 Å². The van der Waals surface area contributed by atoms with Crippen molar-refractivity contribution in [3.63, 3.8) is 0 Å². The van der Waals surface area contributed by atoms with Crippen LogP contribution in [0.4, 0.5) is 0 Å². The molecule has 1 aromatic carbocycles. The van der Waals surface area contributed by atoms with Gasteiger partial charge in [-0.15, -0.1) is 0 Å². The molecule has 1 unspecified atom stereocenters. The van der Waals surface area contributed by atoms with Crippen LogP contribution in [0.2, 0.25) is 0 Å². The Kier molecular flexibility index (Phi) is 5.63. The zero-order chi connectivity index (χ0) is 16.9. The standard InChI is InChI=1S/C19H27N3O2/c1-14(2)18-20-19(24-21-18)15(3)22-11-9-17(10-12-22)23-13-16-7-5-4-6-8-16/h4-8,14-15,17H,9-13H2,1-3H3. The highest BCUT2D eigenvalue weighted by molar-refractivity contribution is 5.13. The van der Waals surface area contributed by atoms with E-state index in [1.807, 2.05) is 6.07 Å². The first-order valence-electron chi connectivity index (χ1n) is 8.86. The van der Waals surface area contributed by atoms with Gasteiger partial charge in [0.2, 0.25) is 5.89 Å². The molecule has 0 amide bonds. The van der Waals surface area contributed by atoms with Gasteiger partial charge in [-0.25, -0.2) is 0 Å². The second-order valence-electron chi connectivity index (χ2n) is 6.85. The molecule has 130 valence electrons. The van der Waals surface area contributed by atoms with E-state index in [1.165, 1.54) is 5.56 Å². The summed E-state index contributed by atoms with van der Waals surface area (Å²) in [5.74, 6) is 1.81. The van der Waals surface area contributed by atoms with Crippen molar-refractivity contribution < 1.29 is 9.26 Å². The van der Waals surface area contributed by atoms with Gasteiger partial charge in [-0.05, 0) is 25.3 Å². The van der Waals surface area contributed by atoms with Crippen LogP contribution in [0.3, 0.4) is 0 Å². The molecular weight excluding hydrogens is 302 g/mol. The first-order chi connectivity index (χ1) is 11.6. The molecule has 0 saturated carbocycles. The molecule has 1 aliphatic rings. The van der Waals surface area contributed by atoms with Crippen molar-refractivity contribution >= 4 is 0 Å². The Bertz CT molecular complexity index is 619. The van der Waals surface area contributed by atoms with Gasteiger partial charge in [-0.2, -0.15) is 4.98 Å². The highest BCUT2D eigenvalue weighted by atomic mass is 16.5. The van der Waals surface area contributed by atoms with Crippen molar-refractivity contribution in [2.45, 2.75) is 58.3 Å². The van der Waals surface area contributed by atoms with Gasteiger partial charge in [0.1, 0.15) is 0 Å². The average molecular weight is 329 g/mol. The third-order valence-electron chi connectivity index (χ3n) is 4.68. The molecule has 2 heterocycles. The summed E-state index contributed by atoms with van der Waals surface area (Å²) in [6, 6.07) is 10.5. The van der Waals surface area contributed by atoms with Crippen LogP contribution in [-0.2, 0) is 11.3 Å². The van der Waals surface area contributed by atoms with E-state index in [0.717, 1.165) is 37.6 Å². The van der Waals surface area contributed by atoms with Gasteiger partial charge < -0.3 is 9.26 Å². The maximum atomic E-state index is 6.06. The number of hydrogen-bond acceptors (Lipinski definition) is 5. The predicted octanol–water partition coefficient (Wildman–Crippen LogP) is 3.94. The Balaban J connectivity index is 1.47. The van der Waals surface area contributed by atoms with Crippen molar-refractivity contribution in [3.05, 3.63) is 47.6 Å². The molecule has 0 radical (unpaired) electrons. The van der Waals surface area contributed by atoms with Crippen molar-refractivity contribution in [3.8, 4) is 0 Å². The monoisotopic (exact) mass is 329 g/mol. The number of aromatic nitrogens is 2. The van der Waals surface area contributed by atoms with Gasteiger partial charge in [0.25, 0.3) is 0 Å². The zero-order valence-corrected chi connectivity index (χ0v) is 14.8. The van der Waals surface area contributed by atoms with Gasteiger partial charge in [-0.3, -0.25) is 4.90 Å². The summed E-state index contributed by atoms with van der Waals surface area (Å²) < 4.78 is 11.5. The molecule has 5 nitrogen and oxygen atoms in total. The van der Waals surface area contributed by atoms with E-state index < -0.39 is 0 Å². The number of likely N-dealkylation sites (tertiary alicyclic amines) is 1. The van der Waals surface area contributed by atoms with Crippen LogP contribution in [0.15, 0.2) is 34.9 Å². The van der Waals surface area contributed by atoms with Crippen LogP contribution < -0.4 is 0 Å². The maximum absolute atomic E-state index is 6.06. The van der Waals surface area contributed by atoms with Gasteiger partial charge in [0.05, 0.1) is 18.8 Å². The van der Waals surface area contributed by atoms with E-state index in [1.54, 1.807) is 0 Å². The Morgan fingerprint density at radius 3 is 2.50 bits per heavy atom. The van der Waals surface area contributed by atoms with Crippen LogP contribution >= 0.6 is 0 Å². The molecule has 0 bridgehead atoms.